The summed E-state index contributed by atoms with van der Waals surface area (Å²) in [4.78, 5) is 38.5. The lowest BCUT2D eigenvalue weighted by atomic mass is 9.83. The minimum atomic E-state index is -3.51. The third-order valence-electron chi connectivity index (χ3n) is 7.59. The van der Waals surface area contributed by atoms with Crippen LogP contribution in [0.25, 0.3) is 0 Å². The Morgan fingerprint density at radius 2 is 1.69 bits per heavy atom. The first kappa shape index (κ1) is 38.4. The van der Waals surface area contributed by atoms with E-state index in [4.69, 9.17) is 4.74 Å². The number of hydrogen-bond acceptors (Lipinski definition) is 8. The maximum atomic E-state index is 13.1. The van der Waals surface area contributed by atoms with E-state index in [0.29, 0.717) is 18.8 Å². The highest BCUT2D eigenvalue weighted by molar-refractivity contribution is 7.89. The van der Waals surface area contributed by atoms with Crippen LogP contribution in [0.15, 0.2) is 30.3 Å². The molecule has 0 bridgehead atoms. The molecule has 0 aliphatic heterocycles. The van der Waals surface area contributed by atoms with Crippen molar-refractivity contribution in [2.24, 2.45) is 5.92 Å². The number of aliphatic hydroxyl groups excluding tert-OH is 2. The Morgan fingerprint density at radius 1 is 1.02 bits per heavy atom. The fourth-order valence-electron chi connectivity index (χ4n) is 5.39. The number of carbonyl (C=O) groups excluding carboxylic acids is 3. The summed E-state index contributed by atoms with van der Waals surface area (Å²) in [7, 11) is -3.51. The fraction of sp³-hybridized carbons (Fsp3) is 0.719. The van der Waals surface area contributed by atoms with Crippen molar-refractivity contribution in [3.05, 3.63) is 35.9 Å². The van der Waals surface area contributed by atoms with Crippen LogP contribution < -0.4 is 20.7 Å². The average Bonchev–Trinajstić information content (AvgIpc) is 2.95. The third-order valence-corrected chi connectivity index (χ3v) is 9.14. The van der Waals surface area contributed by atoms with Crippen molar-refractivity contribution < 1.29 is 37.8 Å². The summed E-state index contributed by atoms with van der Waals surface area (Å²) >= 11 is 0. The van der Waals surface area contributed by atoms with Gasteiger partial charge in [0.2, 0.25) is 21.8 Å². The van der Waals surface area contributed by atoms with Gasteiger partial charge in [0.05, 0.1) is 24.0 Å². The van der Waals surface area contributed by atoms with Crippen molar-refractivity contribution in [1.82, 2.24) is 20.7 Å². The summed E-state index contributed by atoms with van der Waals surface area (Å²) in [6.45, 7) is 6.70. The van der Waals surface area contributed by atoms with Gasteiger partial charge in [-0.1, -0.05) is 69.4 Å². The van der Waals surface area contributed by atoms with Crippen molar-refractivity contribution >= 4 is 27.9 Å². The Kier molecular flexibility index (Phi) is 16.3. The molecular weight excluding hydrogens is 600 g/mol. The molecule has 3 amide bonds. The van der Waals surface area contributed by atoms with Crippen molar-refractivity contribution in [3.8, 4) is 0 Å². The van der Waals surface area contributed by atoms with E-state index in [2.05, 4.69) is 20.7 Å². The van der Waals surface area contributed by atoms with Gasteiger partial charge in [0.25, 0.3) is 0 Å². The van der Waals surface area contributed by atoms with Crippen LogP contribution in [-0.2, 0) is 30.8 Å². The van der Waals surface area contributed by atoms with E-state index >= 15 is 0 Å². The van der Waals surface area contributed by atoms with Crippen LogP contribution in [0.3, 0.4) is 0 Å². The molecule has 45 heavy (non-hydrogen) atoms. The molecule has 1 saturated carbocycles. The Labute approximate surface area is 268 Å². The topological polar surface area (TPSA) is 183 Å². The number of rotatable bonds is 18. The molecule has 1 aromatic carbocycles. The SMILES string of the molecule is CCCS(=O)(=O)NC[C@@H](O)C[C@H](O)[C@H](CC1CCCCC1)NC(=O)CCNC(=O)[C@H](Cc1ccccc1)NC(=O)OC(C)(C)C. The summed E-state index contributed by atoms with van der Waals surface area (Å²) in [5.74, 6) is -0.585. The number of carbonyl (C=O) groups is 3. The van der Waals surface area contributed by atoms with E-state index in [1.54, 1.807) is 27.7 Å². The maximum absolute atomic E-state index is 13.1. The Bertz CT molecular complexity index is 1150. The summed E-state index contributed by atoms with van der Waals surface area (Å²) in [5.41, 5.74) is 0.0971. The summed E-state index contributed by atoms with van der Waals surface area (Å²) in [6, 6.07) is 7.65. The van der Waals surface area contributed by atoms with Gasteiger partial charge in [0.15, 0.2) is 0 Å². The van der Waals surface area contributed by atoms with E-state index in [0.717, 1.165) is 37.7 Å². The zero-order valence-corrected chi connectivity index (χ0v) is 28.0. The molecule has 2 rings (SSSR count). The number of aliphatic hydroxyl groups is 2. The molecule has 1 aliphatic carbocycles. The van der Waals surface area contributed by atoms with Crippen LogP contribution >= 0.6 is 0 Å². The highest BCUT2D eigenvalue weighted by Crippen LogP contribution is 2.28. The number of benzene rings is 1. The predicted octanol–water partition coefficient (Wildman–Crippen LogP) is 2.53. The predicted molar refractivity (Wildman–Crippen MR) is 173 cm³/mol. The monoisotopic (exact) mass is 654 g/mol. The van der Waals surface area contributed by atoms with Crippen molar-refractivity contribution in [3.63, 3.8) is 0 Å². The smallest absolute Gasteiger partial charge is 0.408 e. The molecule has 1 fully saturated rings. The van der Waals surface area contributed by atoms with Crippen LogP contribution in [0.4, 0.5) is 4.79 Å². The van der Waals surface area contributed by atoms with E-state index in [1.807, 2.05) is 30.3 Å². The highest BCUT2D eigenvalue weighted by atomic mass is 32.2. The van der Waals surface area contributed by atoms with Gasteiger partial charge < -0.3 is 30.9 Å². The highest BCUT2D eigenvalue weighted by Gasteiger charge is 2.29. The molecule has 256 valence electrons. The quantitative estimate of drug-likeness (QED) is 0.140. The van der Waals surface area contributed by atoms with E-state index in [1.165, 1.54) is 0 Å². The summed E-state index contributed by atoms with van der Waals surface area (Å²) < 4.78 is 31.6. The number of amides is 3. The summed E-state index contributed by atoms with van der Waals surface area (Å²) in [5, 5.41) is 29.7. The minimum absolute atomic E-state index is 0.0000314. The molecule has 1 aliphatic rings. The number of nitrogens with one attached hydrogen (secondary N) is 4. The first-order valence-corrected chi connectivity index (χ1v) is 17.8. The van der Waals surface area contributed by atoms with Crippen molar-refractivity contribution in [2.75, 3.05) is 18.8 Å². The molecule has 0 aromatic heterocycles. The van der Waals surface area contributed by atoms with Gasteiger partial charge in [-0.3, -0.25) is 9.59 Å². The molecular formula is C32H54N4O8S. The molecule has 0 radical (unpaired) electrons. The molecule has 0 saturated heterocycles. The minimum Gasteiger partial charge on any atom is -0.444 e. The fourth-order valence-corrected chi connectivity index (χ4v) is 6.52. The van der Waals surface area contributed by atoms with Gasteiger partial charge in [0, 0.05) is 32.4 Å². The molecule has 0 unspecified atom stereocenters. The lowest BCUT2D eigenvalue weighted by molar-refractivity contribution is -0.124. The Hall–Kier alpha value is -2.74. The van der Waals surface area contributed by atoms with Gasteiger partial charge in [-0.25, -0.2) is 17.9 Å². The van der Waals surface area contributed by atoms with E-state index in [-0.39, 0.29) is 44.0 Å². The van der Waals surface area contributed by atoms with Gasteiger partial charge in [-0.15, -0.1) is 0 Å². The summed E-state index contributed by atoms with van der Waals surface area (Å²) in [6.07, 6.45) is 3.37. The van der Waals surface area contributed by atoms with Crippen molar-refractivity contribution in [2.45, 2.75) is 122 Å². The molecule has 1 aromatic rings. The normalized spacial score (nSPS) is 17.0. The number of ether oxygens (including phenoxy) is 1. The molecule has 12 nitrogen and oxygen atoms in total. The zero-order chi connectivity index (χ0) is 33.5. The molecule has 4 atom stereocenters. The van der Waals surface area contributed by atoms with Gasteiger partial charge >= 0.3 is 6.09 Å². The first-order valence-electron chi connectivity index (χ1n) is 16.1. The third kappa shape index (κ3) is 16.4. The van der Waals surface area contributed by atoms with Crippen LogP contribution in [0.5, 0.6) is 0 Å². The first-order chi connectivity index (χ1) is 21.2. The molecule has 0 spiro atoms. The molecule has 6 N–H and O–H groups in total. The van der Waals surface area contributed by atoms with Crippen LogP contribution in [0.1, 0.15) is 91.0 Å². The largest absolute Gasteiger partial charge is 0.444 e. The molecule has 0 heterocycles. The Morgan fingerprint density at radius 3 is 2.31 bits per heavy atom. The second kappa shape index (κ2) is 19.0. The second-order valence-corrected chi connectivity index (χ2v) is 14.9. The van der Waals surface area contributed by atoms with Gasteiger partial charge in [-0.2, -0.15) is 0 Å². The number of hydrogen-bond donors (Lipinski definition) is 6. The van der Waals surface area contributed by atoms with Crippen molar-refractivity contribution in [1.29, 1.82) is 0 Å². The molecule has 13 heteroatoms. The van der Waals surface area contributed by atoms with Crippen LogP contribution in [-0.4, -0.2) is 85.3 Å². The standard InChI is InChI=1S/C32H54N4O8S/c1-5-18-45(42,43)34-22-25(37)21-28(38)26(19-23-12-8-6-9-13-23)35-29(39)16-17-33-30(40)27(20-24-14-10-7-11-15-24)36-31(41)44-32(2,3)4/h7,10-11,14-15,23,25-28,34,37-38H,5-6,8-9,12-13,16-22H2,1-4H3,(H,33,40)(H,35,39)(H,36,41)/t25-,26-,27-,28-/m0/s1. The maximum Gasteiger partial charge on any atom is 0.408 e. The average molecular weight is 655 g/mol. The zero-order valence-electron chi connectivity index (χ0n) is 27.2. The van der Waals surface area contributed by atoms with Crippen LogP contribution in [0, 0.1) is 5.92 Å². The lowest BCUT2D eigenvalue weighted by Crippen LogP contribution is -2.50. The number of sulfonamides is 1. The van der Waals surface area contributed by atoms with Crippen LogP contribution in [0.2, 0.25) is 0 Å². The second-order valence-electron chi connectivity index (χ2n) is 13.0. The Balaban J connectivity index is 1.97. The van der Waals surface area contributed by atoms with Gasteiger partial charge in [0.1, 0.15) is 11.6 Å². The number of alkyl carbamates (subject to hydrolysis) is 1. The lowest BCUT2D eigenvalue weighted by Gasteiger charge is -2.31. The van der Waals surface area contributed by atoms with E-state index in [9.17, 15) is 33.0 Å². The van der Waals surface area contributed by atoms with E-state index < -0.39 is 51.9 Å². The van der Waals surface area contributed by atoms with Gasteiger partial charge in [-0.05, 0) is 45.1 Å².